The number of rotatable bonds is 4. The molecule has 28 heavy (non-hydrogen) atoms. The monoisotopic (exact) mass is 417 g/mol. The van der Waals surface area contributed by atoms with Crippen LogP contribution in [0.4, 0.5) is 0 Å². The summed E-state index contributed by atoms with van der Waals surface area (Å²) in [6, 6.07) is 2.01. The summed E-state index contributed by atoms with van der Waals surface area (Å²) in [5.74, 6) is 0.191. The van der Waals surface area contributed by atoms with Crippen LogP contribution in [0.5, 0.6) is 0 Å². The van der Waals surface area contributed by atoms with Crippen molar-refractivity contribution in [2.45, 2.75) is 51.2 Å². The molecular weight excluding hydrogens is 394 g/mol. The second-order valence-corrected chi connectivity index (χ2v) is 9.45. The first kappa shape index (κ1) is 19.2. The minimum absolute atomic E-state index is 0.00465. The van der Waals surface area contributed by atoms with Crippen LogP contribution in [-0.2, 0) is 5.60 Å². The van der Waals surface area contributed by atoms with Crippen molar-refractivity contribution in [2.24, 2.45) is 0 Å². The summed E-state index contributed by atoms with van der Waals surface area (Å²) in [5.41, 5.74) is 0.369. The molecule has 1 aliphatic rings. The van der Waals surface area contributed by atoms with Gasteiger partial charge in [-0.15, -0.1) is 27.5 Å². The summed E-state index contributed by atoms with van der Waals surface area (Å²) in [6.45, 7) is 6.20. The van der Waals surface area contributed by atoms with Crippen molar-refractivity contribution >= 4 is 28.6 Å². The third kappa shape index (κ3) is 3.61. The Kier molecular flexibility index (Phi) is 5.07. The molecule has 1 amide bonds. The van der Waals surface area contributed by atoms with Gasteiger partial charge in [-0.2, -0.15) is 10.2 Å². The summed E-state index contributed by atoms with van der Waals surface area (Å²) in [4.78, 5) is 21.4. The molecule has 7 nitrogen and oxygen atoms in total. The molecule has 1 fully saturated rings. The van der Waals surface area contributed by atoms with Gasteiger partial charge < -0.3 is 10.0 Å². The Morgan fingerprint density at radius 3 is 2.68 bits per heavy atom. The van der Waals surface area contributed by atoms with E-state index in [0.29, 0.717) is 17.8 Å². The van der Waals surface area contributed by atoms with Gasteiger partial charge in [-0.25, -0.2) is 4.98 Å². The van der Waals surface area contributed by atoms with Gasteiger partial charge in [0.2, 0.25) is 0 Å². The Hall–Kier alpha value is -2.10. The molecule has 0 bridgehead atoms. The van der Waals surface area contributed by atoms with Crippen LogP contribution < -0.4 is 0 Å². The van der Waals surface area contributed by atoms with E-state index >= 15 is 0 Å². The first-order valence-corrected chi connectivity index (χ1v) is 11.0. The van der Waals surface area contributed by atoms with Gasteiger partial charge in [0, 0.05) is 23.9 Å². The lowest BCUT2D eigenvalue weighted by atomic mass is 9.93. The topological polar surface area (TPSA) is 84.1 Å². The predicted molar refractivity (Wildman–Crippen MR) is 109 cm³/mol. The fourth-order valence-electron chi connectivity index (χ4n) is 3.44. The van der Waals surface area contributed by atoms with Crippen molar-refractivity contribution in [3.05, 3.63) is 45.5 Å². The molecule has 3 aromatic rings. The van der Waals surface area contributed by atoms with Gasteiger partial charge in [-0.05, 0) is 45.1 Å². The zero-order valence-electron chi connectivity index (χ0n) is 16.1. The number of hydrogen-bond acceptors (Lipinski definition) is 7. The Labute approximate surface area is 171 Å². The third-order valence-electron chi connectivity index (χ3n) is 5.12. The first-order valence-electron chi connectivity index (χ1n) is 9.28. The van der Waals surface area contributed by atoms with E-state index < -0.39 is 5.60 Å². The molecule has 4 heterocycles. The van der Waals surface area contributed by atoms with Crippen molar-refractivity contribution in [1.82, 2.24) is 24.9 Å². The molecule has 9 heteroatoms. The van der Waals surface area contributed by atoms with E-state index in [4.69, 9.17) is 0 Å². The summed E-state index contributed by atoms with van der Waals surface area (Å²) >= 11 is 3.02. The number of thiazole rings is 1. The van der Waals surface area contributed by atoms with Crippen molar-refractivity contribution in [3.63, 3.8) is 0 Å². The van der Waals surface area contributed by atoms with E-state index in [0.717, 1.165) is 22.9 Å². The van der Waals surface area contributed by atoms with Crippen molar-refractivity contribution in [1.29, 1.82) is 0 Å². The van der Waals surface area contributed by atoms with E-state index in [9.17, 15) is 9.90 Å². The van der Waals surface area contributed by atoms with Crippen LogP contribution in [0.25, 0.3) is 5.00 Å². The molecule has 1 saturated heterocycles. The van der Waals surface area contributed by atoms with Crippen LogP contribution in [0.3, 0.4) is 0 Å². The zero-order chi connectivity index (χ0) is 19.9. The number of aliphatic hydroxyl groups is 1. The molecular formula is C19H23N5O2S2. The smallest absolute Gasteiger partial charge is 0.257 e. The maximum atomic E-state index is 13.3. The van der Waals surface area contributed by atoms with Gasteiger partial charge in [-0.1, -0.05) is 0 Å². The number of piperidine rings is 1. The molecule has 4 rings (SSSR count). The van der Waals surface area contributed by atoms with Crippen LogP contribution >= 0.6 is 22.7 Å². The molecule has 148 valence electrons. The van der Waals surface area contributed by atoms with Gasteiger partial charge in [0.25, 0.3) is 5.91 Å². The lowest BCUT2D eigenvalue weighted by Gasteiger charge is -2.37. The largest absolute Gasteiger partial charge is 0.384 e. The van der Waals surface area contributed by atoms with E-state index in [1.165, 1.54) is 16.1 Å². The number of amides is 1. The predicted octanol–water partition coefficient (Wildman–Crippen LogP) is 3.42. The summed E-state index contributed by atoms with van der Waals surface area (Å²) in [6.07, 6.45) is 5.13. The average Bonchev–Trinajstić information content (AvgIpc) is 3.40. The van der Waals surface area contributed by atoms with Crippen molar-refractivity contribution in [3.8, 4) is 5.00 Å². The maximum Gasteiger partial charge on any atom is 0.257 e. The van der Waals surface area contributed by atoms with Gasteiger partial charge in [0.15, 0.2) is 5.00 Å². The van der Waals surface area contributed by atoms with Crippen molar-refractivity contribution in [2.75, 3.05) is 6.54 Å². The normalized spacial score (nSPS) is 20.5. The molecule has 0 saturated carbocycles. The molecule has 0 aromatic carbocycles. The van der Waals surface area contributed by atoms with Crippen LogP contribution in [0.2, 0.25) is 0 Å². The van der Waals surface area contributed by atoms with Gasteiger partial charge >= 0.3 is 0 Å². The van der Waals surface area contributed by atoms with E-state index in [-0.39, 0.29) is 17.9 Å². The van der Waals surface area contributed by atoms with Crippen LogP contribution in [-0.4, -0.2) is 48.5 Å². The third-order valence-corrected chi connectivity index (χ3v) is 7.00. The Morgan fingerprint density at radius 2 is 2.00 bits per heavy atom. The molecule has 3 aromatic heterocycles. The van der Waals surface area contributed by atoms with E-state index in [1.807, 2.05) is 21.7 Å². The highest BCUT2D eigenvalue weighted by Gasteiger charge is 2.34. The SMILES string of the molecule is CC1CCC(c2nc(C(C)(C)O)cs2)CN1C(=O)c1ccsc1-n1nccn1. The summed E-state index contributed by atoms with van der Waals surface area (Å²) < 4.78 is 0. The number of likely N-dealkylation sites (tertiary alicyclic amines) is 1. The molecule has 0 spiro atoms. The quantitative estimate of drug-likeness (QED) is 0.703. The molecule has 2 atom stereocenters. The number of carbonyl (C=O) groups is 1. The lowest BCUT2D eigenvalue weighted by molar-refractivity contribution is 0.0605. The molecule has 0 aliphatic carbocycles. The number of hydrogen-bond donors (Lipinski definition) is 1. The number of nitrogens with zero attached hydrogens (tertiary/aromatic N) is 5. The second-order valence-electron chi connectivity index (χ2n) is 7.67. The van der Waals surface area contributed by atoms with Gasteiger partial charge in [-0.3, -0.25) is 4.79 Å². The molecule has 1 N–H and O–H groups in total. The average molecular weight is 418 g/mol. The summed E-state index contributed by atoms with van der Waals surface area (Å²) in [5, 5.41) is 24.1. The van der Waals surface area contributed by atoms with E-state index in [1.54, 1.807) is 37.6 Å². The summed E-state index contributed by atoms with van der Waals surface area (Å²) in [7, 11) is 0. The fourth-order valence-corrected chi connectivity index (χ4v) is 5.36. The Bertz CT molecular complexity index is 957. The lowest BCUT2D eigenvalue weighted by Crippen LogP contribution is -2.45. The molecule has 1 aliphatic heterocycles. The van der Waals surface area contributed by atoms with Crippen LogP contribution in [0.15, 0.2) is 29.2 Å². The zero-order valence-corrected chi connectivity index (χ0v) is 17.7. The van der Waals surface area contributed by atoms with Crippen LogP contribution in [0, 0.1) is 0 Å². The standard InChI is InChI=1S/C19H23N5O2S2/c1-12-4-5-13(16-22-15(11-28-16)19(2,3)26)10-23(12)17(25)14-6-9-27-18(14)24-20-7-8-21-24/h6-9,11-13,26H,4-5,10H2,1-3H3. The van der Waals surface area contributed by atoms with Crippen LogP contribution in [0.1, 0.15) is 60.6 Å². The number of thiophene rings is 1. The molecule has 2 unspecified atom stereocenters. The fraction of sp³-hybridized carbons (Fsp3) is 0.474. The Balaban J connectivity index is 1.57. The number of aromatic nitrogens is 4. The highest BCUT2D eigenvalue weighted by molar-refractivity contribution is 7.13. The van der Waals surface area contributed by atoms with Crippen molar-refractivity contribution < 1.29 is 9.90 Å². The van der Waals surface area contributed by atoms with Gasteiger partial charge in [0.1, 0.15) is 5.60 Å². The highest BCUT2D eigenvalue weighted by Crippen LogP contribution is 2.35. The maximum absolute atomic E-state index is 13.3. The second kappa shape index (κ2) is 7.38. The number of carbonyl (C=O) groups excluding carboxylic acids is 1. The van der Waals surface area contributed by atoms with Gasteiger partial charge in [0.05, 0.1) is 28.7 Å². The first-order chi connectivity index (χ1) is 13.3. The minimum atomic E-state index is -0.950. The Morgan fingerprint density at radius 1 is 1.25 bits per heavy atom. The highest BCUT2D eigenvalue weighted by atomic mass is 32.1. The van der Waals surface area contributed by atoms with E-state index in [2.05, 4.69) is 22.1 Å². The molecule has 0 radical (unpaired) electrons. The minimum Gasteiger partial charge on any atom is -0.384 e.